The minimum Gasteiger partial charge on any atom is -0.341 e. The third-order valence-electron chi connectivity index (χ3n) is 5.49. The van der Waals surface area contributed by atoms with E-state index in [2.05, 4.69) is 29.1 Å². The lowest BCUT2D eigenvalue weighted by Gasteiger charge is -2.36. The number of aryl methyl sites for hydroxylation is 2. The largest absolute Gasteiger partial charge is 0.341 e. The number of amides is 1. The van der Waals surface area contributed by atoms with Crippen LogP contribution in [-0.4, -0.2) is 52.7 Å². The highest BCUT2D eigenvalue weighted by Crippen LogP contribution is 2.27. The molecule has 0 aliphatic carbocycles. The Balaban J connectivity index is 1.58. The van der Waals surface area contributed by atoms with Gasteiger partial charge in [0.1, 0.15) is 6.04 Å². The van der Waals surface area contributed by atoms with E-state index in [1.165, 1.54) is 5.56 Å². The summed E-state index contributed by atoms with van der Waals surface area (Å²) in [5.41, 5.74) is 2.29. The zero-order chi connectivity index (χ0) is 18.5. The number of likely N-dealkylation sites (tertiary alicyclic amines) is 1. The summed E-state index contributed by atoms with van der Waals surface area (Å²) in [5.74, 6) is 0.911. The minimum absolute atomic E-state index is 0.197. The number of nitrogens with zero attached hydrogens (tertiary/aromatic N) is 4. The average Bonchev–Trinajstić information content (AvgIpc) is 3.15. The molecule has 1 saturated heterocycles. The third-order valence-corrected chi connectivity index (χ3v) is 5.49. The van der Waals surface area contributed by atoms with Crippen LogP contribution in [0.25, 0.3) is 0 Å². The van der Waals surface area contributed by atoms with Gasteiger partial charge in [0.05, 0.1) is 0 Å². The second kappa shape index (κ2) is 8.49. The summed E-state index contributed by atoms with van der Waals surface area (Å²) >= 11 is 0. The molecule has 0 bridgehead atoms. The van der Waals surface area contributed by atoms with Gasteiger partial charge in [-0.25, -0.2) is 0 Å². The van der Waals surface area contributed by atoms with Crippen LogP contribution < -0.4 is 0 Å². The predicted molar refractivity (Wildman–Crippen MR) is 104 cm³/mol. The van der Waals surface area contributed by atoms with E-state index in [1.54, 1.807) is 0 Å². The molecule has 0 N–H and O–H groups in total. The lowest BCUT2D eigenvalue weighted by Crippen LogP contribution is -2.44. The Morgan fingerprint density at radius 2 is 1.96 bits per heavy atom. The van der Waals surface area contributed by atoms with Crippen molar-refractivity contribution in [2.24, 2.45) is 5.92 Å². The number of likely N-dealkylation sites (N-methyl/N-ethyl adjacent to an activating group) is 1. The zero-order valence-corrected chi connectivity index (χ0v) is 16.1. The standard InChI is InChI=1S/C21H30N4O/c1-17-7-4-5-8-19(17)20(23(2)3)21(26)24-14-9-18(10-15-24)11-16-25-13-6-12-22-25/h4-8,12-13,18,20H,9-11,14-16H2,1-3H3/t20-/m0/s1. The fourth-order valence-electron chi connectivity index (χ4n) is 3.89. The molecule has 1 aromatic heterocycles. The van der Waals surface area contributed by atoms with Crippen molar-refractivity contribution in [1.82, 2.24) is 19.6 Å². The first kappa shape index (κ1) is 18.6. The fourth-order valence-corrected chi connectivity index (χ4v) is 3.89. The molecule has 26 heavy (non-hydrogen) atoms. The van der Waals surface area contributed by atoms with Crippen LogP contribution in [0.4, 0.5) is 0 Å². The van der Waals surface area contributed by atoms with Gasteiger partial charge in [-0.05, 0) is 63.4 Å². The molecule has 2 heterocycles. The molecule has 0 saturated carbocycles. The number of carbonyl (C=O) groups is 1. The Kier molecular flexibility index (Phi) is 6.09. The van der Waals surface area contributed by atoms with Gasteiger partial charge in [-0.3, -0.25) is 14.4 Å². The monoisotopic (exact) mass is 354 g/mol. The fraction of sp³-hybridized carbons (Fsp3) is 0.524. The molecule has 5 nitrogen and oxygen atoms in total. The molecule has 2 aromatic rings. The lowest BCUT2D eigenvalue weighted by atomic mass is 9.92. The molecule has 1 atom stereocenters. The smallest absolute Gasteiger partial charge is 0.244 e. The van der Waals surface area contributed by atoms with Crippen molar-refractivity contribution in [2.45, 2.75) is 38.8 Å². The molecule has 0 unspecified atom stereocenters. The molecule has 1 aromatic carbocycles. The molecule has 5 heteroatoms. The van der Waals surface area contributed by atoms with Gasteiger partial charge in [-0.1, -0.05) is 24.3 Å². The van der Waals surface area contributed by atoms with Gasteiger partial charge in [0.15, 0.2) is 0 Å². The number of carbonyl (C=O) groups excluding carboxylic acids is 1. The van der Waals surface area contributed by atoms with Gasteiger partial charge in [-0.2, -0.15) is 5.10 Å². The lowest BCUT2D eigenvalue weighted by molar-refractivity contribution is -0.137. The normalized spacial score (nSPS) is 16.8. The second-order valence-electron chi connectivity index (χ2n) is 7.55. The van der Waals surface area contributed by atoms with Gasteiger partial charge in [0.25, 0.3) is 0 Å². The molecule has 0 radical (unpaired) electrons. The molecule has 1 aliphatic rings. The van der Waals surface area contributed by atoms with E-state index in [9.17, 15) is 4.79 Å². The topological polar surface area (TPSA) is 41.4 Å². The van der Waals surface area contributed by atoms with Crippen LogP contribution in [0, 0.1) is 12.8 Å². The summed E-state index contributed by atoms with van der Waals surface area (Å²) in [6.07, 6.45) is 7.15. The quantitative estimate of drug-likeness (QED) is 0.800. The number of aromatic nitrogens is 2. The maximum atomic E-state index is 13.2. The van der Waals surface area contributed by atoms with Crippen molar-refractivity contribution in [1.29, 1.82) is 0 Å². The molecular weight excluding hydrogens is 324 g/mol. The van der Waals surface area contributed by atoms with Crippen LogP contribution in [0.3, 0.4) is 0 Å². The van der Waals surface area contributed by atoms with E-state index in [0.717, 1.165) is 44.5 Å². The molecular formula is C21H30N4O. The van der Waals surface area contributed by atoms with E-state index >= 15 is 0 Å². The van der Waals surface area contributed by atoms with E-state index in [0.29, 0.717) is 5.92 Å². The van der Waals surface area contributed by atoms with E-state index in [-0.39, 0.29) is 11.9 Å². The van der Waals surface area contributed by atoms with Crippen LogP contribution in [0.5, 0.6) is 0 Å². The summed E-state index contributed by atoms with van der Waals surface area (Å²) in [7, 11) is 3.98. The highest BCUT2D eigenvalue weighted by atomic mass is 16.2. The summed E-state index contributed by atoms with van der Waals surface area (Å²) in [5, 5.41) is 4.27. The molecule has 0 spiro atoms. The number of hydrogen-bond donors (Lipinski definition) is 0. The molecule has 140 valence electrons. The Labute approximate surface area is 156 Å². The molecule has 1 fully saturated rings. The maximum Gasteiger partial charge on any atom is 0.244 e. The van der Waals surface area contributed by atoms with E-state index < -0.39 is 0 Å². The Morgan fingerprint density at radius 1 is 1.23 bits per heavy atom. The van der Waals surface area contributed by atoms with Gasteiger partial charge in [0, 0.05) is 32.0 Å². The zero-order valence-electron chi connectivity index (χ0n) is 16.1. The Bertz CT molecular complexity index is 703. The number of benzene rings is 1. The van der Waals surface area contributed by atoms with Gasteiger partial charge >= 0.3 is 0 Å². The van der Waals surface area contributed by atoms with Crippen molar-refractivity contribution < 1.29 is 4.79 Å². The highest BCUT2D eigenvalue weighted by molar-refractivity contribution is 5.83. The molecule has 1 amide bonds. The van der Waals surface area contributed by atoms with Crippen LogP contribution in [0.15, 0.2) is 42.7 Å². The first-order valence-corrected chi connectivity index (χ1v) is 9.54. The first-order chi connectivity index (χ1) is 12.6. The van der Waals surface area contributed by atoms with Crippen LogP contribution in [0.1, 0.15) is 36.4 Å². The van der Waals surface area contributed by atoms with Crippen LogP contribution in [-0.2, 0) is 11.3 Å². The summed E-state index contributed by atoms with van der Waals surface area (Å²) in [6.45, 7) is 4.77. The van der Waals surface area contributed by atoms with Gasteiger partial charge in [0.2, 0.25) is 5.91 Å². The molecule has 1 aliphatic heterocycles. The van der Waals surface area contributed by atoms with E-state index in [1.807, 2.05) is 54.3 Å². The van der Waals surface area contributed by atoms with Gasteiger partial charge in [-0.15, -0.1) is 0 Å². The maximum absolute atomic E-state index is 13.2. The summed E-state index contributed by atoms with van der Waals surface area (Å²) in [6, 6.07) is 9.98. The second-order valence-corrected chi connectivity index (χ2v) is 7.55. The van der Waals surface area contributed by atoms with Gasteiger partial charge < -0.3 is 4.90 Å². The van der Waals surface area contributed by atoms with Crippen molar-refractivity contribution in [3.63, 3.8) is 0 Å². The Hall–Kier alpha value is -2.14. The van der Waals surface area contributed by atoms with Crippen molar-refractivity contribution in [2.75, 3.05) is 27.2 Å². The van der Waals surface area contributed by atoms with Crippen molar-refractivity contribution >= 4 is 5.91 Å². The predicted octanol–water partition coefficient (Wildman–Crippen LogP) is 3.12. The first-order valence-electron chi connectivity index (χ1n) is 9.54. The SMILES string of the molecule is Cc1ccccc1[C@@H](C(=O)N1CCC(CCn2cccn2)CC1)N(C)C. The van der Waals surface area contributed by atoms with E-state index in [4.69, 9.17) is 0 Å². The van der Waals surface area contributed by atoms with Crippen molar-refractivity contribution in [3.8, 4) is 0 Å². The molecule has 3 rings (SSSR count). The number of rotatable bonds is 6. The average molecular weight is 354 g/mol. The van der Waals surface area contributed by atoms with Crippen LogP contribution in [0.2, 0.25) is 0 Å². The summed E-state index contributed by atoms with van der Waals surface area (Å²) < 4.78 is 2.00. The highest BCUT2D eigenvalue weighted by Gasteiger charge is 2.31. The Morgan fingerprint density at radius 3 is 2.58 bits per heavy atom. The number of piperidine rings is 1. The van der Waals surface area contributed by atoms with Crippen LogP contribution >= 0.6 is 0 Å². The minimum atomic E-state index is -0.197. The van der Waals surface area contributed by atoms with Crippen molar-refractivity contribution in [3.05, 3.63) is 53.9 Å². The summed E-state index contributed by atoms with van der Waals surface area (Å²) in [4.78, 5) is 17.3. The number of hydrogen-bond acceptors (Lipinski definition) is 3. The third kappa shape index (κ3) is 4.33.